The number of carboxylic acid groups (broad SMARTS) is 1. The molecule has 0 aromatic carbocycles. The number of rotatable bonds is 4. The molecule has 0 aromatic rings. The van der Waals surface area contributed by atoms with E-state index in [2.05, 4.69) is 23.6 Å². The quantitative estimate of drug-likeness (QED) is 0.844. The van der Waals surface area contributed by atoms with Gasteiger partial charge < -0.3 is 10.0 Å². The third-order valence-corrected chi connectivity index (χ3v) is 5.07. The Hall–Kier alpha value is -0.610. The van der Waals surface area contributed by atoms with Gasteiger partial charge in [0.25, 0.3) is 0 Å². The van der Waals surface area contributed by atoms with E-state index in [0.717, 1.165) is 25.6 Å². The molecule has 1 N–H and O–H groups in total. The van der Waals surface area contributed by atoms with Gasteiger partial charge in [0, 0.05) is 19.6 Å². The Labute approximate surface area is 116 Å². The van der Waals surface area contributed by atoms with E-state index >= 15 is 0 Å². The van der Waals surface area contributed by atoms with Crippen molar-refractivity contribution >= 4 is 5.97 Å². The Balaban J connectivity index is 1.83. The van der Waals surface area contributed by atoms with E-state index in [1.807, 2.05) is 0 Å². The molecule has 3 unspecified atom stereocenters. The second-order valence-corrected chi connectivity index (χ2v) is 6.69. The summed E-state index contributed by atoms with van der Waals surface area (Å²) in [4.78, 5) is 15.8. The number of aliphatic carboxylic acids is 1. The predicted molar refractivity (Wildman–Crippen MR) is 76.2 cm³/mol. The van der Waals surface area contributed by atoms with Gasteiger partial charge in [-0.05, 0) is 50.6 Å². The van der Waals surface area contributed by atoms with Crippen LogP contribution in [0, 0.1) is 17.8 Å². The summed E-state index contributed by atoms with van der Waals surface area (Å²) < 4.78 is 0. The summed E-state index contributed by atoms with van der Waals surface area (Å²) in [6, 6.07) is -0.339. The van der Waals surface area contributed by atoms with Crippen LogP contribution in [0.5, 0.6) is 0 Å². The number of carbonyl (C=O) groups is 1. The van der Waals surface area contributed by atoms with Crippen molar-refractivity contribution in [3.05, 3.63) is 0 Å². The monoisotopic (exact) mass is 268 g/mol. The lowest BCUT2D eigenvalue weighted by molar-refractivity contribution is -0.142. The maximum absolute atomic E-state index is 11.1. The van der Waals surface area contributed by atoms with Gasteiger partial charge in [0.15, 0.2) is 0 Å². The van der Waals surface area contributed by atoms with Crippen LogP contribution < -0.4 is 0 Å². The summed E-state index contributed by atoms with van der Waals surface area (Å²) in [5.74, 6) is 1.43. The summed E-state index contributed by atoms with van der Waals surface area (Å²) >= 11 is 0. The van der Waals surface area contributed by atoms with Crippen LogP contribution >= 0.6 is 0 Å². The molecule has 0 saturated carbocycles. The van der Waals surface area contributed by atoms with Crippen molar-refractivity contribution in [3.63, 3.8) is 0 Å². The van der Waals surface area contributed by atoms with E-state index in [4.69, 9.17) is 5.11 Å². The average Bonchev–Trinajstić information content (AvgIpc) is 2.72. The minimum atomic E-state index is -0.695. The standard InChI is InChI=1S/C15H28N2O2/c1-11-4-6-16(7-5-11)9-14-10-17(8-12(14)2)13(3)15(18)19/h11-14H,4-10H2,1-3H3,(H,18,19). The van der Waals surface area contributed by atoms with Crippen molar-refractivity contribution in [2.75, 3.05) is 32.7 Å². The fourth-order valence-electron chi connectivity index (χ4n) is 3.36. The molecule has 4 nitrogen and oxygen atoms in total. The van der Waals surface area contributed by atoms with Gasteiger partial charge in [-0.3, -0.25) is 9.69 Å². The Morgan fingerprint density at radius 1 is 1.26 bits per heavy atom. The Morgan fingerprint density at radius 3 is 2.47 bits per heavy atom. The molecular weight excluding hydrogens is 240 g/mol. The molecule has 19 heavy (non-hydrogen) atoms. The van der Waals surface area contributed by atoms with Gasteiger partial charge in [-0.15, -0.1) is 0 Å². The van der Waals surface area contributed by atoms with Crippen LogP contribution in [0.1, 0.15) is 33.6 Å². The zero-order chi connectivity index (χ0) is 14.0. The summed E-state index contributed by atoms with van der Waals surface area (Å²) in [5, 5.41) is 9.11. The van der Waals surface area contributed by atoms with Gasteiger partial charge in [0.05, 0.1) is 0 Å². The summed E-state index contributed by atoms with van der Waals surface area (Å²) in [5.41, 5.74) is 0. The molecule has 2 aliphatic rings. The van der Waals surface area contributed by atoms with Crippen molar-refractivity contribution in [1.29, 1.82) is 0 Å². The number of likely N-dealkylation sites (tertiary alicyclic amines) is 2. The summed E-state index contributed by atoms with van der Waals surface area (Å²) in [6.07, 6.45) is 2.63. The predicted octanol–water partition coefficient (Wildman–Crippen LogP) is 1.76. The average molecular weight is 268 g/mol. The molecule has 0 amide bonds. The molecule has 4 heteroatoms. The fraction of sp³-hybridized carbons (Fsp3) is 0.933. The molecule has 0 aliphatic carbocycles. The van der Waals surface area contributed by atoms with Crippen LogP contribution in [0.4, 0.5) is 0 Å². The summed E-state index contributed by atoms with van der Waals surface area (Å²) in [6.45, 7) is 11.9. The largest absolute Gasteiger partial charge is 0.480 e. The molecule has 0 bridgehead atoms. The van der Waals surface area contributed by atoms with Crippen LogP contribution in [0.25, 0.3) is 0 Å². The Kier molecular flexibility index (Phi) is 4.85. The highest BCUT2D eigenvalue weighted by Crippen LogP contribution is 2.27. The topological polar surface area (TPSA) is 43.8 Å². The highest BCUT2D eigenvalue weighted by atomic mass is 16.4. The van der Waals surface area contributed by atoms with Crippen LogP contribution in [0.15, 0.2) is 0 Å². The number of carboxylic acids is 1. The van der Waals surface area contributed by atoms with E-state index in [1.165, 1.54) is 25.9 Å². The minimum Gasteiger partial charge on any atom is -0.480 e. The van der Waals surface area contributed by atoms with Crippen molar-refractivity contribution in [2.45, 2.75) is 39.7 Å². The maximum Gasteiger partial charge on any atom is 0.320 e. The van der Waals surface area contributed by atoms with E-state index in [-0.39, 0.29) is 6.04 Å². The molecule has 0 spiro atoms. The van der Waals surface area contributed by atoms with Crippen LogP contribution in [0.3, 0.4) is 0 Å². The first-order chi connectivity index (χ1) is 8.97. The normalized spacial score (nSPS) is 32.6. The van der Waals surface area contributed by atoms with Crippen LogP contribution in [0.2, 0.25) is 0 Å². The van der Waals surface area contributed by atoms with Gasteiger partial charge in [0.2, 0.25) is 0 Å². The van der Waals surface area contributed by atoms with Gasteiger partial charge in [-0.1, -0.05) is 13.8 Å². The smallest absolute Gasteiger partial charge is 0.320 e. The first kappa shape index (κ1) is 14.8. The van der Waals surface area contributed by atoms with Crippen molar-refractivity contribution < 1.29 is 9.90 Å². The molecule has 2 aliphatic heterocycles. The Bertz CT molecular complexity index is 313. The van der Waals surface area contributed by atoms with Crippen LogP contribution in [-0.2, 0) is 4.79 Å². The minimum absolute atomic E-state index is 0.339. The lowest BCUT2D eigenvalue weighted by atomic mass is 9.94. The molecule has 110 valence electrons. The SMILES string of the molecule is CC1CCN(CC2CN(C(C)C(=O)O)CC2C)CC1. The molecule has 3 atom stereocenters. The van der Waals surface area contributed by atoms with E-state index in [9.17, 15) is 4.79 Å². The molecule has 2 rings (SSSR count). The maximum atomic E-state index is 11.1. The zero-order valence-electron chi connectivity index (χ0n) is 12.5. The zero-order valence-corrected chi connectivity index (χ0v) is 12.5. The van der Waals surface area contributed by atoms with Crippen molar-refractivity contribution in [3.8, 4) is 0 Å². The number of hydrogen-bond donors (Lipinski definition) is 1. The first-order valence-corrected chi connectivity index (χ1v) is 7.66. The molecule has 0 radical (unpaired) electrons. The molecule has 2 saturated heterocycles. The number of hydrogen-bond acceptors (Lipinski definition) is 3. The second-order valence-electron chi connectivity index (χ2n) is 6.69. The van der Waals surface area contributed by atoms with Gasteiger partial charge in [0.1, 0.15) is 6.04 Å². The van der Waals surface area contributed by atoms with Gasteiger partial charge >= 0.3 is 5.97 Å². The van der Waals surface area contributed by atoms with Crippen LogP contribution in [-0.4, -0.2) is 59.6 Å². The summed E-state index contributed by atoms with van der Waals surface area (Å²) in [7, 11) is 0. The molecular formula is C15H28N2O2. The van der Waals surface area contributed by atoms with E-state index in [1.54, 1.807) is 6.92 Å². The van der Waals surface area contributed by atoms with E-state index in [0.29, 0.717) is 11.8 Å². The van der Waals surface area contributed by atoms with Crippen molar-refractivity contribution in [2.24, 2.45) is 17.8 Å². The lowest BCUT2D eigenvalue weighted by Gasteiger charge is -2.33. The third-order valence-electron chi connectivity index (χ3n) is 5.07. The highest BCUT2D eigenvalue weighted by molar-refractivity contribution is 5.72. The highest BCUT2D eigenvalue weighted by Gasteiger charge is 2.35. The molecule has 2 heterocycles. The molecule has 2 fully saturated rings. The third kappa shape index (κ3) is 3.69. The van der Waals surface area contributed by atoms with Gasteiger partial charge in [-0.25, -0.2) is 0 Å². The molecule has 0 aromatic heterocycles. The van der Waals surface area contributed by atoms with Gasteiger partial charge in [-0.2, -0.15) is 0 Å². The van der Waals surface area contributed by atoms with E-state index < -0.39 is 5.97 Å². The second kappa shape index (κ2) is 6.23. The lowest BCUT2D eigenvalue weighted by Crippen LogP contribution is -2.40. The fourth-order valence-corrected chi connectivity index (χ4v) is 3.36. The first-order valence-electron chi connectivity index (χ1n) is 7.66. The number of nitrogens with zero attached hydrogens (tertiary/aromatic N) is 2. The van der Waals surface area contributed by atoms with Crippen molar-refractivity contribution in [1.82, 2.24) is 9.80 Å². The Morgan fingerprint density at radius 2 is 1.89 bits per heavy atom. The number of piperidine rings is 1.